The minimum absolute atomic E-state index is 0. The molecule has 2 heterocycles. The molecule has 4 aliphatic rings. The quantitative estimate of drug-likeness (QED) is 0.369. The van der Waals surface area contributed by atoms with E-state index in [9.17, 15) is 0 Å². The van der Waals surface area contributed by atoms with Crippen LogP contribution in [0.5, 0.6) is 0 Å². The zero-order valence-electron chi connectivity index (χ0n) is 20.4. The summed E-state index contributed by atoms with van der Waals surface area (Å²) in [6.45, 7) is 20.9. The van der Waals surface area contributed by atoms with Gasteiger partial charge in [0.2, 0.25) is 0 Å². The normalized spacial score (nSPS) is 23.0. The SMILES string of the molecule is CC1=CCC([Si](C)(C)N2CCCC2)=[C]1[Hf+2][C]1=C([Si](C)(C)N2CCCC2)CC=C1C.[Cl-].[Cl-]. The van der Waals surface area contributed by atoms with Crippen LogP contribution in [-0.2, 0) is 22.9 Å². The monoisotopic (exact) mass is 662 g/mol. The third-order valence-electron chi connectivity index (χ3n) is 8.14. The van der Waals surface area contributed by atoms with E-state index in [0.717, 1.165) is 0 Å². The molecule has 0 unspecified atom stereocenters. The smallest absolute Gasteiger partial charge is 1.00 e. The van der Waals surface area contributed by atoms with Crippen molar-refractivity contribution in [3.8, 4) is 0 Å². The predicted molar refractivity (Wildman–Crippen MR) is 127 cm³/mol. The van der Waals surface area contributed by atoms with Gasteiger partial charge in [0.15, 0.2) is 0 Å². The minimum Gasteiger partial charge on any atom is -1.00 e. The van der Waals surface area contributed by atoms with Gasteiger partial charge in [-0.2, -0.15) is 0 Å². The van der Waals surface area contributed by atoms with Gasteiger partial charge in [0.05, 0.1) is 0 Å². The molecule has 0 radical (unpaired) electrons. The Balaban J connectivity index is 0.00000171. The van der Waals surface area contributed by atoms with E-state index in [0.29, 0.717) is 0 Å². The third-order valence-corrected chi connectivity index (χ3v) is 24.7. The van der Waals surface area contributed by atoms with E-state index in [4.69, 9.17) is 0 Å². The molecule has 0 N–H and O–H groups in total. The van der Waals surface area contributed by atoms with Crippen molar-refractivity contribution in [1.29, 1.82) is 0 Å². The fraction of sp³-hybridized carbons (Fsp3) is 0.667. The van der Waals surface area contributed by atoms with Crippen LogP contribution >= 0.6 is 0 Å². The van der Waals surface area contributed by atoms with E-state index in [1.165, 1.54) is 64.7 Å². The summed E-state index contributed by atoms with van der Waals surface area (Å²) >= 11 is -1.04. The molecule has 2 aliphatic carbocycles. The Morgan fingerprint density at radius 1 is 0.645 bits per heavy atom. The molecule has 31 heavy (non-hydrogen) atoms. The predicted octanol–water partition coefficient (Wildman–Crippen LogP) is -0.0347. The Bertz CT molecular complexity index is 736. The summed E-state index contributed by atoms with van der Waals surface area (Å²) in [4.78, 5) is 0. The second kappa shape index (κ2) is 11.0. The van der Waals surface area contributed by atoms with Crippen LogP contribution in [0.25, 0.3) is 0 Å². The Morgan fingerprint density at radius 3 is 1.29 bits per heavy atom. The van der Waals surface area contributed by atoms with Gasteiger partial charge in [0.25, 0.3) is 0 Å². The Hall–Kier alpha value is 0.764. The molecule has 0 spiro atoms. The van der Waals surface area contributed by atoms with E-state index >= 15 is 0 Å². The van der Waals surface area contributed by atoms with Gasteiger partial charge in [-0.25, -0.2) is 0 Å². The van der Waals surface area contributed by atoms with Crippen molar-refractivity contribution in [1.82, 2.24) is 9.13 Å². The molecular weight excluding hydrogens is 622 g/mol. The van der Waals surface area contributed by atoms with Crippen LogP contribution in [0, 0.1) is 0 Å². The van der Waals surface area contributed by atoms with Gasteiger partial charge in [-0.15, -0.1) is 0 Å². The summed E-state index contributed by atoms with van der Waals surface area (Å²) < 4.78 is 9.66. The van der Waals surface area contributed by atoms with Crippen LogP contribution in [0.3, 0.4) is 0 Å². The molecule has 0 saturated carbocycles. The van der Waals surface area contributed by atoms with Gasteiger partial charge in [-0.3, -0.25) is 0 Å². The van der Waals surface area contributed by atoms with Crippen molar-refractivity contribution in [2.75, 3.05) is 26.2 Å². The van der Waals surface area contributed by atoms with Gasteiger partial charge < -0.3 is 24.8 Å². The van der Waals surface area contributed by atoms with Crippen LogP contribution < -0.4 is 24.8 Å². The van der Waals surface area contributed by atoms with E-state index in [-0.39, 0.29) is 24.8 Å². The molecule has 0 bridgehead atoms. The molecule has 2 aliphatic heterocycles. The molecule has 2 nitrogen and oxygen atoms in total. The fourth-order valence-corrected chi connectivity index (χ4v) is 24.8. The van der Waals surface area contributed by atoms with E-state index < -0.39 is 39.4 Å². The molecule has 4 rings (SSSR count). The molecule has 0 amide bonds. The summed E-state index contributed by atoms with van der Waals surface area (Å²) in [5.41, 5.74) is 3.32. The number of hydrogen-bond donors (Lipinski definition) is 0. The van der Waals surface area contributed by atoms with Crippen LogP contribution in [0.15, 0.2) is 40.4 Å². The van der Waals surface area contributed by atoms with E-state index in [2.05, 4.69) is 61.3 Å². The first-order chi connectivity index (χ1) is 13.7. The molecule has 0 atom stereocenters. The summed E-state index contributed by atoms with van der Waals surface area (Å²) in [5.74, 6) is 0. The zero-order valence-corrected chi connectivity index (χ0v) is 27.5. The largest absolute Gasteiger partial charge is 1.00 e. The summed E-state index contributed by atoms with van der Waals surface area (Å²) in [6, 6.07) is 0. The zero-order chi connectivity index (χ0) is 20.8. The number of hydrogen-bond acceptors (Lipinski definition) is 2. The fourth-order valence-electron chi connectivity index (χ4n) is 5.91. The van der Waals surface area contributed by atoms with Crippen LogP contribution in [-0.4, -0.2) is 51.8 Å². The van der Waals surface area contributed by atoms with Gasteiger partial charge in [0.1, 0.15) is 0 Å². The van der Waals surface area contributed by atoms with Crippen molar-refractivity contribution < 1.29 is 47.7 Å². The summed E-state index contributed by atoms with van der Waals surface area (Å²) in [6.07, 6.45) is 13.4. The molecule has 7 heteroatoms. The first-order valence-corrected chi connectivity index (χ1v) is 21.3. The van der Waals surface area contributed by atoms with Crippen molar-refractivity contribution >= 4 is 16.5 Å². The molecule has 0 aromatic heterocycles. The second-order valence-electron chi connectivity index (χ2n) is 10.5. The molecule has 0 aromatic carbocycles. The maximum atomic E-state index is 2.91. The van der Waals surface area contributed by atoms with Crippen molar-refractivity contribution in [2.24, 2.45) is 0 Å². The molecular formula is C24H40Cl2HfN2Si2. The molecule has 2 fully saturated rings. The van der Waals surface area contributed by atoms with Crippen LogP contribution in [0.2, 0.25) is 26.2 Å². The summed E-state index contributed by atoms with van der Waals surface area (Å²) in [7, 11) is -2.92. The Kier molecular flexibility index (Phi) is 9.94. The second-order valence-corrected chi connectivity index (χ2v) is 23.7. The van der Waals surface area contributed by atoms with E-state index in [1.54, 1.807) is 11.1 Å². The Morgan fingerprint density at radius 2 is 0.968 bits per heavy atom. The van der Waals surface area contributed by atoms with Crippen molar-refractivity contribution in [3.05, 3.63) is 40.4 Å². The maximum absolute atomic E-state index is 2.91. The van der Waals surface area contributed by atoms with Gasteiger partial charge in [-0.1, -0.05) is 0 Å². The van der Waals surface area contributed by atoms with Crippen LogP contribution in [0.4, 0.5) is 0 Å². The molecule has 2 saturated heterocycles. The third kappa shape index (κ3) is 5.38. The Labute approximate surface area is 217 Å². The number of allylic oxidation sites excluding steroid dienone is 8. The number of rotatable bonds is 6. The number of nitrogens with zero attached hydrogens (tertiary/aromatic N) is 2. The first-order valence-electron chi connectivity index (χ1n) is 11.8. The van der Waals surface area contributed by atoms with Gasteiger partial charge in [-0.05, 0) is 0 Å². The molecule has 0 aromatic rings. The minimum atomic E-state index is -1.46. The molecule has 172 valence electrons. The standard InChI is InChI=1S/2C12H20NSi.2ClH.Hf/c2*1-11-6-7-12(10-11)14(2,3)13-8-4-5-9-13;;;/h2*6H,4-5,7-9H2,1-3H3;2*1H;/q;;;;+2/p-2. The average Bonchev–Trinajstić information content (AvgIpc) is 3.44. The van der Waals surface area contributed by atoms with Gasteiger partial charge >= 0.3 is 194 Å². The van der Waals surface area contributed by atoms with E-state index in [1.807, 2.05) is 17.1 Å². The van der Waals surface area contributed by atoms with Crippen molar-refractivity contribution in [2.45, 2.75) is 78.6 Å². The topological polar surface area (TPSA) is 6.48 Å². The van der Waals surface area contributed by atoms with Crippen molar-refractivity contribution in [3.63, 3.8) is 0 Å². The number of halogens is 2. The average molecular weight is 662 g/mol. The van der Waals surface area contributed by atoms with Gasteiger partial charge in [0, 0.05) is 0 Å². The van der Waals surface area contributed by atoms with Crippen LogP contribution in [0.1, 0.15) is 52.4 Å². The maximum Gasteiger partial charge on any atom is -1.00 e. The first kappa shape index (κ1) is 28.0. The summed E-state index contributed by atoms with van der Waals surface area (Å²) in [5, 5.41) is 3.85.